The zero-order valence-corrected chi connectivity index (χ0v) is 13.5. The van der Waals surface area contributed by atoms with Gasteiger partial charge in [-0.2, -0.15) is 0 Å². The molecular weight excluding hydrogens is 304 g/mol. The summed E-state index contributed by atoms with van der Waals surface area (Å²) in [6, 6.07) is 8.75. The van der Waals surface area contributed by atoms with Gasteiger partial charge in [0.2, 0.25) is 5.91 Å². The van der Waals surface area contributed by atoms with Crippen molar-refractivity contribution in [1.29, 1.82) is 0 Å². The highest BCUT2D eigenvalue weighted by Crippen LogP contribution is 2.09. The van der Waals surface area contributed by atoms with Gasteiger partial charge in [0.25, 0.3) is 0 Å². The molecule has 2 rings (SSSR count). The van der Waals surface area contributed by atoms with Gasteiger partial charge in [-0.1, -0.05) is 36.8 Å². The molecular formula is C16H23ClN2O3. The number of carbonyl (C=O) groups is 2. The highest BCUT2D eigenvalue weighted by molar-refractivity contribution is 5.87. The quantitative estimate of drug-likeness (QED) is 0.804. The van der Waals surface area contributed by atoms with Gasteiger partial charge in [-0.25, -0.2) is 4.79 Å². The molecule has 0 aliphatic carbocycles. The average molecular weight is 327 g/mol. The van der Waals surface area contributed by atoms with Crippen LogP contribution in [-0.2, 0) is 20.7 Å². The molecule has 1 amide bonds. The first-order chi connectivity index (χ1) is 10.2. The highest BCUT2D eigenvalue weighted by Gasteiger charge is 2.27. The molecule has 1 aromatic rings. The number of esters is 1. The summed E-state index contributed by atoms with van der Waals surface area (Å²) < 4.78 is 4.80. The van der Waals surface area contributed by atoms with Crippen molar-refractivity contribution < 1.29 is 14.3 Å². The zero-order valence-electron chi connectivity index (χ0n) is 12.7. The van der Waals surface area contributed by atoms with Gasteiger partial charge in [-0.05, 0) is 24.9 Å². The largest absolute Gasteiger partial charge is 0.467 e. The second-order valence-corrected chi connectivity index (χ2v) is 5.28. The molecule has 0 radical (unpaired) electrons. The summed E-state index contributed by atoms with van der Waals surface area (Å²) in [4.78, 5) is 24.1. The van der Waals surface area contributed by atoms with Crippen molar-refractivity contribution in [3.05, 3.63) is 35.9 Å². The predicted octanol–water partition coefficient (Wildman–Crippen LogP) is 1.45. The van der Waals surface area contributed by atoms with Crippen molar-refractivity contribution in [3.8, 4) is 0 Å². The number of amides is 1. The third-order valence-corrected chi connectivity index (χ3v) is 3.71. The van der Waals surface area contributed by atoms with Gasteiger partial charge in [0, 0.05) is 6.42 Å². The van der Waals surface area contributed by atoms with E-state index in [9.17, 15) is 9.59 Å². The summed E-state index contributed by atoms with van der Waals surface area (Å²) in [5, 5.41) is 5.99. The summed E-state index contributed by atoms with van der Waals surface area (Å²) in [5.41, 5.74) is 0.991. The smallest absolute Gasteiger partial charge is 0.328 e. The van der Waals surface area contributed by atoms with E-state index in [0.29, 0.717) is 6.42 Å². The Kier molecular flexibility index (Phi) is 7.91. The number of nitrogens with one attached hydrogen (secondary N) is 2. The first-order valence-corrected chi connectivity index (χ1v) is 7.36. The Balaban J connectivity index is 0.00000242. The molecule has 1 fully saturated rings. The van der Waals surface area contributed by atoms with Crippen LogP contribution in [0.25, 0.3) is 0 Å². The molecule has 0 spiro atoms. The molecule has 1 heterocycles. The minimum absolute atomic E-state index is 0. The number of hydrogen-bond donors (Lipinski definition) is 2. The minimum atomic E-state index is -0.645. The second-order valence-electron chi connectivity index (χ2n) is 5.28. The summed E-state index contributed by atoms with van der Waals surface area (Å²) in [5.74, 6) is -0.538. The fraction of sp³-hybridized carbons (Fsp3) is 0.500. The lowest BCUT2D eigenvalue weighted by atomic mass is 10.0. The highest BCUT2D eigenvalue weighted by atomic mass is 35.5. The average Bonchev–Trinajstić information content (AvgIpc) is 2.55. The summed E-state index contributed by atoms with van der Waals surface area (Å²) in [7, 11) is 1.34. The summed E-state index contributed by atoms with van der Waals surface area (Å²) >= 11 is 0. The van der Waals surface area contributed by atoms with Crippen LogP contribution in [-0.4, -0.2) is 37.6 Å². The molecule has 2 atom stereocenters. The Hall–Kier alpha value is -1.59. The Labute approximate surface area is 137 Å². The van der Waals surface area contributed by atoms with Gasteiger partial charge in [0.05, 0.1) is 13.2 Å². The Morgan fingerprint density at radius 3 is 2.64 bits per heavy atom. The van der Waals surface area contributed by atoms with Gasteiger partial charge in [-0.15, -0.1) is 12.4 Å². The van der Waals surface area contributed by atoms with Crippen molar-refractivity contribution in [2.45, 2.75) is 37.8 Å². The lowest BCUT2D eigenvalue weighted by Crippen LogP contribution is -2.52. The van der Waals surface area contributed by atoms with E-state index >= 15 is 0 Å². The second kappa shape index (κ2) is 9.43. The van der Waals surface area contributed by atoms with E-state index in [4.69, 9.17) is 4.74 Å². The van der Waals surface area contributed by atoms with Gasteiger partial charge in [-0.3, -0.25) is 4.79 Å². The maximum Gasteiger partial charge on any atom is 0.328 e. The molecule has 0 bridgehead atoms. The number of benzene rings is 1. The van der Waals surface area contributed by atoms with Crippen LogP contribution in [0.1, 0.15) is 24.8 Å². The van der Waals surface area contributed by atoms with Crippen LogP contribution in [0.2, 0.25) is 0 Å². The summed E-state index contributed by atoms with van der Waals surface area (Å²) in [6.07, 6.45) is 3.37. The number of piperidine rings is 1. The lowest BCUT2D eigenvalue weighted by molar-refractivity contribution is -0.145. The van der Waals surface area contributed by atoms with Crippen molar-refractivity contribution in [2.75, 3.05) is 13.7 Å². The van der Waals surface area contributed by atoms with E-state index in [0.717, 1.165) is 31.4 Å². The van der Waals surface area contributed by atoms with Crippen LogP contribution in [0.3, 0.4) is 0 Å². The van der Waals surface area contributed by atoms with E-state index < -0.39 is 12.0 Å². The maximum absolute atomic E-state index is 12.2. The predicted molar refractivity (Wildman–Crippen MR) is 87.0 cm³/mol. The fourth-order valence-corrected chi connectivity index (χ4v) is 2.53. The standard InChI is InChI=1S/C16H22N2O3.ClH/c1-21-16(20)14(11-12-7-3-2-4-8-12)18-15(19)13-9-5-6-10-17-13;/h2-4,7-8,13-14,17H,5-6,9-11H2,1H3,(H,18,19);1H. The Bertz CT molecular complexity index is 476. The Morgan fingerprint density at radius 1 is 1.32 bits per heavy atom. The molecule has 5 nitrogen and oxygen atoms in total. The van der Waals surface area contributed by atoms with Crippen LogP contribution in [0, 0.1) is 0 Å². The molecule has 0 aromatic heterocycles. The first-order valence-electron chi connectivity index (χ1n) is 7.36. The van der Waals surface area contributed by atoms with Crippen LogP contribution >= 0.6 is 12.4 Å². The van der Waals surface area contributed by atoms with Crippen LogP contribution in [0.5, 0.6) is 0 Å². The zero-order chi connectivity index (χ0) is 15.1. The van der Waals surface area contributed by atoms with Gasteiger partial charge < -0.3 is 15.4 Å². The number of ether oxygens (including phenoxy) is 1. The fourth-order valence-electron chi connectivity index (χ4n) is 2.53. The van der Waals surface area contributed by atoms with Gasteiger partial charge in [0.15, 0.2) is 0 Å². The van der Waals surface area contributed by atoms with Crippen molar-refractivity contribution >= 4 is 24.3 Å². The molecule has 0 saturated carbocycles. The molecule has 1 aliphatic heterocycles. The van der Waals surface area contributed by atoms with E-state index in [2.05, 4.69) is 10.6 Å². The molecule has 2 unspecified atom stereocenters. The number of carbonyl (C=O) groups excluding carboxylic acids is 2. The number of halogens is 1. The van der Waals surface area contributed by atoms with E-state index in [1.165, 1.54) is 7.11 Å². The topological polar surface area (TPSA) is 67.4 Å². The van der Waals surface area contributed by atoms with Crippen LogP contribution < -0.4 is 10.6 Å². The monoisotopic (exact) mass is 326 g/mol. The molecule has 1 aliphatic rings. The molecule has 6 heteroatoms. The third kappa shape index (κ3) is 5.31. The third-order valence-electron chi connectivity index (χ3n) is 3.71. The minimum Gasteiger partial charge on any atom is -0.467 e. The molecule has 1 saturated heterocycles. The van der Waals surface area contributed by atoms with Gasteiger partial charge >= 0.3 is 5.97 Å². The molecule has 122 valence electrons. The van der Waals surface area contributed by atoms with Crippen molar-refractivity contribution in [3.63, 3.8) is 0 Å². The maximum atomic E-state index is 12.2. The molecule has 2 N–H and O–H groups in total. The van der Waals surface area contributed by atoms with Gasteiger partial charge in [0.1, 0.15) is 6.04 Å². The number of methoxy groups -OCH3 is 1. The number of rotatable bonds is 5. The van der Waals surface area contributed by atoms with E-state index in [1.807, 2.05) is 30.3 Å². The SMILES string of the molecule is COC(=O)C(Cc1ccccc1)NC(=O)C1CCCCN1.Cl. The lowest BCUT2D eigenvalue weighted by Gasteiger charge is -2.25. The van der Waals surface area contributed by atoms with Crippen molar-refractivity contribution in [2.24, 2.45) is 0 Å². The number of hydrogen-bond acceptors (Lipinski definition) is 4. The first kappa shape index (κ1) is 18.5. The Morgan fingerprint density at radius 2 is 2.05 bits per heavy atom. The molecule has 22 heavy (non-hydrogen) atoms. The normalized spacial score (nSPS) is 18.7. The summed E-state index contributed by atoms with van der Waals surface area (Å²) in [6.45, 7) is 0.847. The van der Waals surface area contributed by atoms with Crippen LogP contribution in [0.15, 0.2) is 30.3 Å². The molecule has 1 aromatic carbocycles. The van der Waals surface area contributed by atoms with E-state index in [1.54, 1.807) is 0 Å². The van der Waals surface area contributed by atoms with Crippen LogP contribution in [0.4, 0.5) is 0 Å². The van der Waals surface area contributed by atoms with E-state index in [-0.39, 0.29) is 24.4 Å². The van der Waals surface area contributed by atoms with Crippen molar-refractivity contribution in [1.82, 2.24) is 10.6 Å².